The van der Waals surface area contributed by atoms with E-state index >= 15 is 0 Å². The molecule has 5 heteroatoms. The van der Waals surface area contributed by atoms with E-state index in [2.05, 4.69) is 0 Å². The van der Waals surface area contributed by atoms with E-state index < -0.39 is 5.82 Å². The van der Waals surface area contributed by atoms with Gasteiger partial charge in [-0.2, -0.15) is 0 Å². The summed E-state index contributed by atoms with van der Waals surface area (Å²) in [7, 11) is 3.95. The minimum atomic E-state index is -0.501. The molecule has 0 saturated carbocycles. The van der Waals surface area contributed by atoms with Crippen molar-refractivity contribution in [2.75, 3.05) is 33.0 Å². The number of benzene rings is 2. The molecule has 0 aromatic heterocycles. The number of nitrogen functional groups attached to an aromatic ring is 1. The van der Waals surface area contributed by atoms with Gasteiger partial charge in [-0.05, 0) is 38.4 Å². The Kier molecular flexibility index (Phi) is 5.00. The molecule has 0 aliphatic heterocycles. The van der Waals surface area contributed by atoms with Gasteiger partial charge in [-0.25, -0.2) is 4.39 Å². The summed E-state index contributed by atoms with van der Waals surface area (Å²) in [5.74, 6) is 1.04. The zero-order chi connectivity index (χ0) is 15.2. The first-order chi connectivity index (χ1) is 10.1. The molecule has 0 aliphatic carbocycles. The molecule has 0 saturated heterocycles. The van der Waals surface area contributed by atoms with Gasteiger partial charge < -0.3 is 20.1 Å². The van der Waals surface area contributed by atoms with E-state index in [4.69, 9.17) is 15.2 Å². The SMILES string of the molecule is CN(C)CCOc1ccccc1Oc1ccc(N)c(F)c1. The summed E-state index contributed by atoms with van der Waals surface area (Å²) in [6.45, 7) is 1.34. The number of nitrogens with two attached hydrogens (primary N) is 1. The summed E-state index contributed by atoms with van der Waals surface area (Å²) in [6, 6.07) is 11.6. The largest absolute Gasteiger partial charge is 0.488 e. The van der Waals surface area contributed by atoms with E-state index in [1.165, 1.54) is 12.1 Å². The third kappa shape index (κ3) is 4.36. The Balaban J connectivity index is 2.10. The molecule has 4 nitrogen and oxygen atoms in total. The zero-order valence-electron chi connectivity index (χ0n) is 12.2. The third-order valence-corrected chi connectivity index (χ3v) is 2.84. The molecule has 0 atom stereocenters. The summed E-state index contributed by atoms with van der Waals surface area (Å²) < 4.78 is 24.8. The van der Waals surface area contributed by atoms with Gasteiger partial charge in [0, 0.05) is 12.6 Å². The number of nitrogens with zero attached hydrogens (tertiary/aromatic N) is 1. The van der Waals surface area contributed by atoms with Gasteiger partial charge in [-0.3, -0.25) is 0 Å². The maximum Gasteiger partial charge on any atom is 0.169 e. The lowest BCUT2D eigenvalue weighted by Gasteiger charge is -2.14. The van der Waals surface area contributed by atoms with Gasteiger partial charge in [-0.1, -0.05) is 12.1 Å². The molecule has 0 amide bonds. The predicted molar refractivity (Wildman–Crippen MR) is 81.4 cm³/mol. The Morgan fingerprint density at radius 3 is 2.48 bits per heavy atom. The molecule has 0 heterocycles. The van der Waals surface area contributed by atoms with Crippen molar-refractivity contribution in [1.29, 1.82) is 0 Å². The van der Waals surface area contributed by atoms with Gasteiger partial charge in [0.2, 0.25) is 0 Å². The van der Waals surface area contributed by atoms with Crippen LogP contribution in [0.15, 0.2) is 42.5 Å². The Morgan fingerprint density at radius 1 is 1.10 bits per heavy atom. The van der Waals surface area contributed by atoms with Crippen LogP contribution in [0.2, 0.25) is 0 Å². The molecule has 0 aliphatic rings. The van der Waals surface area contributed by atoms with Crippen molar-refractivity contribution in [3.8, 4) is 17.2 Å². The summed E-state index contributed by atoms with van der Waals surface area (Å²) in [4.78, 5) is 2.03. The monoisotopic (exact) mass is 290 g/mol. The first-order valence-corrected chi connectivity index (χ1v) is 6.65. The fourth-order valence-corrected chi connectivity index (χ4v) is 1.69. The number of hydrogen-bond donors (Lipinski definition) is 1. The molecule has 2 aromatic carbocycles. The number of hydrogen-bond acceptors (Lipinski definition) is 4. The standard InChI is InChI=1S/C16H19FN2O2/c1-19(2)9-10-20-15-5-3-4-6-16(15)21-12-7-8-14(18)13(17)11-12/h3-8,11H,9-10,18H2,1-2H3. The van der Waals surface area contributed by atoms with Crippen LogP contribution < -0.4 is 15.2 Å². The molecule has 2 aromatic rings. The summed E-state index contributed by atoms with van der Waals surface area (Å²) in [6.07, 6.45) is 0. The second-order valence-electron chi connectivity index (χ2n) is 4.88. The van der Waals surface area contributed by atoms with Gasteiger partial charge in [0.05, 0.1) is 5.69 Å². The van der Waals surface area contributed by atoms with E-state index in [0.29, 0.717) is 23.9 Å². The number of likely N-dealkylation sites (N-methyl/N-ethyl adjacent to an activating group) is 1. The van der Waals surface area contributed by atoms with E-state index in [9.17, 15) is 4.39 Å². The summed E-state index contributed by atoms with van der Waals surface area (Å²) in [5.41, 5.74) is 5.54. The fraction of sp³-hybridized carbons (Fsp3) is 0.250. The van der Waals surface area contributed by atoms with Crippen LogP contribution in [0.25, 0.3) is 0 Å². The number of anilines is 1. The molecule has 0 spiro atoms. The maximum absolute atomic E-state index is 13.4. The third-order valence-electron chi connectivity index (χ3n) is 2.84. The average Bonchev–Trinajstić information content (AvgIpc) is 2.44. The Labute approximate surface area is 123 Å². The predicted octanol–water partition coefficient (Wildman–Crippen LogP) is 3.14. The Morgan fingerprint density at radius 2 is 1.81 bits per heavy atom. The van der Waals surface area contributed by atoms with Crippen molar-refractivity contribution >= 4 is 5.69 Å². The molecule has 2 N–H and O–H groups in total. The smallest absolute Gasteiger partial charge is 0.169 e. The minimum Gasteiger partial charge on any atom is -0.488 e. The lowest BCUT2D eigenvalue weighted by Crippen LogP contribution is -2.19. The van der Waals surface area contributed by atoms with Crippen LogP contribution in [-0.4, -0.2) is 32.1 Å². The second-order valence-corrected chi connectivity index (χ2v) is 4.88. The minimum absolute atomic E-state index is 0.0952. The van der Waals surface area contributed by atoms with Crippen LogP contribution in [-0.2, 0) is 0 Å². The molecule has 112 valence electrons. The zero-order valence-corrected chi connectivity index (χ0v) is 12.2. The van der Waals surface area contributed by atoms with Crippen molar-refractivity contribution in [2.24, 2.45) is 0 Å². The highest BCUT2D eigenvalue weighted by molar-refractivity contribution is 5.47. The van der Waals surface area contributed by atoms with Crippen molar-refractivity contribution in [3.63, 3.8) is 0 Å². The first kappa shape index (κ1) is 15.1. The average molecular weight is 290 g/mol. The van der Waals surface area contributed by atoms with Crippen LogP contribution in [0.3, 0.4) is 0 Å². The lowest BCUT2D eigenvalue weighted by atomic mass is 10.3. The van der Waals surface area contributed by atoms with Crippen molar-refractivity contribution < 1.29 is 13.9 Å². The molecule has 0 radical (unpaired) electrons. The second kappa shape index (κ2) is 6.95. The highest BCUT2D eigenvalue weighted by Crippen LogP contribution is 2.32. The van der Waals surface area contributed by atoms with E-state index in [1.54, 1.807) is 12.1 Å². The molecule has 0 unspecified atom stereocenters. The quantitative estimate of drug-likeness (QED) is 0.830. The highest BCUT2D eigenvalue weighted by atomic mass is 19.1. The lowest BCUT2D eigenvalue weighted by molar-refractivity contribution is 0.254. The van der Waals surface area contributed by atoms with Gasteiger partial charge >= 0.3 is 0 Å². The van der Waals surface area contributed by atoms with Crippen LogP contribution in [0.5, 0.6) is 17.2 Å². The van der Waals surface area contributed by atoms with Crippen LogP contribution in [0.4, 0.5) is 10.1 Å². The molecule has 21 heavy (non-hydrogen) atoms. The van der Waals surface area contributed by atoms with Crippen molar-refractivity contribution in [2.45, 2.75) is 0 Å². The fourth-order valence-electron chi connectivity index (χ4n) is 1.69. The molecule has 0 fully saturated rings. The van der Waals surface area contributed by atoms with E-state index in [-0.39, 0.29) is 5.69 Å². The number of ether oxygens (including phenoxy) is 2. The van der Waals surface area contributed by atoms with Crippen molar-refractivity contribution in [1.82, 2.24) is 4.90 Å². The van der Waals surface area contributed by atoms with E-state index in [1.807, 2.05) is 37.2 Å². The number of halogens is 1. The summed E-state index contributed by atoms with van der Waals surface area (Å²) in [5, 5.41) is 0. The highest BCUT2D eigenvalue weighted by Gasteiger charge is 2.07. The molecular formula is C16H19FN2O2. The van der Waals surface area contributed by atoms with Gasteiger partial charge in [0.1, 0.15) is 18.2 Å². The Bertz CT molecular complexity index is 603. The maximum atomic E-state index is 13.4. The summed E-state index contributed by atoms with van der Waals surface area (Å²) >= 11 is 0. The van der Waals surface area contributed by atoms with Gasteiger partial charge in [0.25, 0.3) is 0 Å². The van der Waals surface area contributed by atoms with Crippen LogP contribution in [0, 0.1) is 5.82 Å². The number of para-hydroxylation sites is 2. The van der Waals surface area contributed by atoms with E-state index in [0.717, 1.165) is 6.54 Å². The van der Waals surface area contributed by atoms with Gasteiger partial charge in [-0.15, -0.1) is 0 Å². The molecular weight excluding hydrogens is 271 g/mol. The molecule has 2 rings (SSSR count). The topological polar surface area (TPSA) is 47.7 Å². The molecule has 0 bridgehead atoms. The first-order valence-electron chi connectivity index (χ1n) is 6.65. The van der Waals surface area contributed by atoms with Crippen LogP contribution >= 0.6 is 0 Å². The van der Waals surface area contributed by atoms with Crippen molar-refractivity contribution in [3.05, 3.63) is 48.3 Å². The Hall–Kier alpha value is -2.27. The van der Waals surface area contributed by atoms with Gasteiger partial charge in [0.15, 0.2) is 11.5 Å². The number of rotatable bonds is 6. The van der Waals surface area contributed by atoms with Crippen LogP contribution in [0.1, 0.15) is 0 Å². The normalized spacial score (nSPS) is 10.7.